The van der Waals surface area contributed by atoms with Crippen LogP contribution in [-0.4, -0.2) is 5.91 Å². The van der Waals surface area contributed by atoms with Gasteiger partial charge in [0.05, 0.1) is 11.6 Å². The SMILES string of the molecule is Cc1oc(C(=O)Nc2cc(F)ccc2F)cc1CCl. The van der Waals surface area contributed by atoms with Crippen LogP contribution in [0.5, 0.6) is 0 Å². The summed E-state index contributed by atoms with van der Waals surface area (Å²) in [6.07, 6.45) is 0. The van der Waals surface area contributed by atoms with E-state index in [1.807, 2.05) is 0 Å². The fourth-order valence-corrected chi connectivity index (χ4v) is 1.81. The molecule has 0 radical (unpaired) electrons. The lowest BCUT2D eigenvalue weighted by atomic mass is 10.2. The second-order valence-electron chi connectivity index (χ2n) is 3.90. The summed E-state index contributed by atoms with van der Waals surface area (Å²) in [5.74, 6) is -1.32. The number of alkyl halides is 1. The molecule has 0 atom stereocenters. The fourth-order valence-electron chi connectivity index (χ4n) is 1.54. The van der Waals surface area contributed by atoms with Gasteiger partial charge in [0, 0.05) is 11.6 Å². The van der Waals surface area contributed by atoms with Gasteiger partial charge in [0.25, 0.3) is 5.91 Å². The summed E-state index contributed by atoms with van der Waals surface area (Å²) in [4.78, 5) is 11.8. The average Bonchev–Trinajstić information content (AvgIpc) is 2.75. The maximum Gasteiger partial charge on any atom is 0.291 e. The van der Waals surface area contributed by atoms with Crippen molar-refractivity contribution in [2.24, 2.45) is 0 Å². The van der Waals surface area contributed by atoms with Crippen LogP contribution in [0.3, 0.4) is 0 Å². The second kappa shape index (κ2) is 5.40. The van der Waals surface area contributed by atoms with Crippen LogP contribution < -0.4 is 5.32 Å². The van der Waals surface area contributed by atoms with Crippen molar-refractivity contribution < 1.29 is 18.0 Å². The number of hydrogen-bond acceptors (Lipinski definition) is 2. The summed E-state index contributed by atoms with van der Waals surface area (Å²) in [5, 5.41) is 2.24. The molecule has 6 heteroatoms. The molecule has 0 unspecified atom stereocenters. The minimum Gasteiger partial charge on any atom is -0.456 e. The molecule has 1 N–H and O–H groups in total. The lowest BCUT2D eigenvalue weighted by molar-refractivity contribution is 0.0995. The van der Waals surface area contributed by atoms with Crippen molar-refractivity contribution >= 4 is 23.2 Å². The van der Waals surface area contributed by atoms with Crippen LogP contribution in [-0.2, 0) is 5.88 Å². The molecule has 1 aromatic heterocycles. The number of benzene rings is 1. The summed E-state index contributed by atoms with van der Waals surface area (Å²) >= 11 is 5.66. The van der Waals surface area contributed by atoms with Gasteiger partial charge in [0.15, 0.2) is 5.76 Å². The van der Waals surface area contributed by atoms with Gasteiger partial charge in [-0.15, -0.1) is 11.6 Å². The van der Waals surface area contributed by atoms with E-state index in [1.165, 1.54) is 6.07 Å². The topological polar surface area (TPSA) is 42.2 Å². The molecule has 0 spiro atoms. The predicted molar refractivity (Wildman–Crippen MR) is 67.3 cm³/mol. The van der Waals surface area contributed by atoms with Gasteiger partial charge >= 0.3 is 0 Å². The van der Waals surface area contributed by atoms with Crippen molar-refractivity contribution in [1.29, 1.82) is 0 Å². The van der Waals surface area contributed by atoms with Crippen LogP contribution in [0.1, 0.15) is 21.9 Å². The minimum atomic E-state index is -0.726. The van der Waals surface area contributed by atoms with Crippen LogP contribution in [0.2, 0.25) is 0 Å². The number of nitrogens with one attached hydrogen (secondary N) is 1. The molecule has 0 fully saturated rings. The highest BCUT2D eigenvalue weighted by atomic mass is 35.5. The molecular formula is C13H10ClF2NO2. The number of anilines is 1. The highest BCUT2D eigenvalue weighted by molar-refractivity contribution is 6.17. The number of amides is 1. The Hall–Kier alpha value is -1.88. The Balaban J connectivity index is 2.22. The van der Waals surface area contributed by atoms with E-state index in [2.05, 4.69) is 5.32 Å². The molecule has 19 heavy (non-hydrogen) atoms. The Bertz CT molecular complexity index is 625. The first kappa shape index (κ1) is 13.5. The first-order valence-electron chi connectivity index (χ1n) is 5.43. The van der Waals surface area contributed by atoms with Crippen LogP contribution in [0.15, 0.2) is 28.7 Å². The third-order valence-corrected chi connectivity index (χ3v) is 2.85. The Morgan fingerprint density at radius 3 is 2.74 bits per heavy atom. The van der Waals surface area contributed by atoms with Crippen LogP contribution in [0.25, 0.3) is 0 Å². The standard InChI is InChI=1S/C13H10ClF2NO2/c1-7-8(6-14)4-12(19-7)13(18)17-11-5-9(15)2-3-10(11)16/h2-5H,6H2,1H3,(H,17,18). The van der Waals surface area contributed by atoms with Crippen molar-refractivity contribution in [3.05, 3.63) is 53.0 Å². The Labute approximate surface area is 113 Å². The zero-order valence-corrected chi connectivity index (χ0v) is 10.7. The lowest BCUT2D eigenvalue weighted by Crippen LogP contribution is -2.12. The van der Waals surface area contributed by atoms with Crippen LogP contribution >= 0.6 is 11.6 Å². The van der Waals surface area contributed by atoms with E-state index in [4.69, 9.17) is 16.0 Å². The number of hydrogen-bond donors (Lipinski definition) is 1. The number of rotatable bonds is 3. The number of carbonyl (C=O) groups excluding carboxylic acids is 1. The summed E-state index contributed by atoms with van der Waals surface area (Å²) < 4.78 is 31.5. The van der Waals surface area contributed by atoms with Gasteiger partial charge in [0.2, 0.25) is 0 Å². The minimum absolute atomic E-state index is 0.00295. The number of aryl methyl sites for hydroxylation is 1. The molecule has 1 heterocycles. The Morgan fingerprint density at radius 2 is 2.11 bits per heavy atom. The summed E-state index contributed by atoms with van der Waals surface area (Å²) in [6.45, 7) is 1.66. The number of halogens is 3. The predicted octanol–water partition coefficient (Wildman–Crippen LogP) is 3.86. The maximum absolute atomic E-state index is 13.4. The Morgan fingerprint density at radius 1 is 1.37 bits per heavy atom. The van der Waals surface area contributed by atoms with E-state index in [0.29, 0.717) is 11.3 Å². The highest BCUT2D eigenvalue weighted by Crippen LogP contribution is 2.20. The normalized spacial score (nSPS) is 10.5. The highest BCUT2D eigenvalue weighted by Gasteiger charge is 2.16. The third kappa shape index (κ3) is 2.93. The van der Waals surface area contributed by atoms with E-state index in [9.17, 15) is 13.6 Å². The zero-order valence-electron chi connectivity index (χ0n) is 9.97. The quantitative estimate of drug-likeness (QED) is 0.870. The van der Waals surface area contributed by atoms with E-state index in [0.717, 1.165) is 18.2 Å². The molecule has 0 saturated carbocycles. The van der Waals surface area contributed by atoms with Gasteiger partial charge in [0.1, 0.15) is 17.4 Å². The second-order valence-corrected chi connectivity index (χ2v) is 4.17. The van der Waals surface area contributed by atoms with Gasteiger partial charge < -0.3 is 9.73 Å². The lowest BCUT2D eigenvalue weighted by Gasteiger charge is -2.04. The molecule has 0 saturated heterocycles. The molecule has 0 aliphatic heterocycles. The monoisotopic (exact) mass is 285 g/mol. The summed E-state index contributed by atoms with van der Waals surface area (Å²) in [6, 6.07) is 4.26. The first-order valence-corrected chi connectivity index (χ1v) is 5.96. The largest absolute Gasteiger partial charge is 0.456 e. The first-order chi connectivity index (χ1) is 9.01. The van der Waals surface area contributed by atoms with Gasteiger partial charge in [-0.05, 0) is 25.1 Å². The number of furan rings is 1. The molecular weight excluding hydrogens is 276 g/mol. The van der Waals surface area contributed by atoms with Crippen molar-refractivity contribution in [2.45, 2.75) is 12.8 Å². The van der Waals surface area contributed by atoms with Crippen molar-refractivity contribution in [3.63, 3.8) is 0 Å². The smallest absolute Gasteiger partial charge is 0.291 e. The van der Waals surface area contributed by atoms with Crippen LogP contribution in [0.4, 0.5) is 14.5 Å². The molecule has 1 amide bonds. The molecule has 2 aromatic rings. The van der Waals surface area contributed by atoms with E-state index in [-0.39, 0.29) is 17.3 Å². The summed E-state index contributed by atoms with van der Waals surface area (Å²) in [7, 11) is 0. The van der Waals surface area contributed by atoms with Crippen molar-refractivity contribution in [1.82, 2.24) is 0 Å². The maximum atomic E-state index is 13.4. The zero-order chi connectivity index (χ0) is 14.0. The van der Waals surface area contributed by atoms with E-state index in [1.54, 1.807) is 6.92 Å². The molecule has 0 aliphatic carbocycles. The van der Waals surface area contributed by atoms with Crippen molar-refractivity contribution in [3.8, 4) is 0 Å². The molecule has 1 aromatic carbocycles. The van der Waals surface area contributed by atoms with E-state index >= 15 is 0 Å². The van der Waals surface area contributed by atoms with Gasteiger partial charge in [-0.3, -0.25) is 4.79 Å². The fraction of sp³-hybridized carbons (Fsp3) is 0.154. The Kier molecular flexibility index (Phi) is 3.85. The summed E-state index contributed by atoms with van der Waals surface area (Å²) in [5.41, 5.74) is 0.429. The average molecular weight is 286 g/mol. The molecule has 0 aliphatic rings. The number of carbonyl (C=O) groups is 1. The van der Waals surface area contributed by atoms with Gasteiger partial charge in [-0.25, -0.2) is 8.78 Å². The van der Waals surface area contributed by atoms with Crippen LogP contribution in [0, 0.1) is 18.6 Å². The molecule has 100 valence electrons. The molecule has 2 rings (SSSR count). The third-order valence-electron chi connectivity index (χ3n) is 2.56. The van der Waals surface area contributed by atoms with Crippen molar-refractivity contribution in [2.75, 3.05) is 5.32 Å². The van der Waals surface area contributed by atoms with Gasteiger partial charge in [-0.2, -0.15) is 0 Å². The molecule has 3 nitrogen and oxygen atoms in total. The molecule has 0 bridgehead atoms. The van der Waals surface area contributed by atoms with E-state index < -0.39 is 17.5 Å². The van der Waals surface area contributed by atoms with Gasteiger partial charge in [-0.1, -0.05) is 0 Å².